The number of nitrogens with zero attached hydrogens (tertiary/aromatic N) is 2. The minimum atomic E-state index is -0.123. The molecule has 2 amide bonds. The number of amides is 2. The molecule has 0 bridgehead atoms. The highest BCUT2D eigenvalue weighted by Crippen LogP contribution is 2.23. The number of piperazine rings is 1. The van der Waals surface area contributed by atoms with Gasteiger partial charge in [0.2, 0.25) is 5.91 Å². The first-order valence-corrected chi connectivity index (χ1v) is 8.37. The summed E-state index contributed by atoms with van der Waals surface area (Å²) >= 11 is 12.0. The Kier molecular flexibility index (Phi) is 6.27. The zero-order valence-electron chi connectivity index (χ0n) is 13.3. The van der Waals surface area contributed by atoms with Crippen molar-refractivity contribution < 1.29 is 9.59 Å². The van der Waals surface area contributed by atoms with Crippen LogP contribution in [0.3, 0.4) is 0 Å². The Bertz CT molecular complexity index is 587. The molecule has 126 valence electrons. The van der Waals surface area contributed by atoms with E-state index in [1.807, 2.05) is 18.9 Å². The van der Waals surface area contributed by atoms with Gasteiger partial charge in [0.15, 0.2) is 0 Å². The predicted octanol–water partition coefficient (Wildman–Crippen LogP) is 2.13. The van der Waals surface area contributed by atoms with E-state index in [-0.39, 0.29) is 17.7 Å². The molecule has 0 saturated carbocycles. The van der Waals surface area contributed by atoms with Crippen molar-refractivity contribution in [1.29, 1.82) is 0 Å². The Labute approximate surface area is 146 Å². The van der Waals surface area contributed by atoms with Crippen molar-refractivity contribution in [3.63, 3.8) is 0 Å². The summed E-state index contributed by atoms with van der Waals surface area (Å²) in [6.45, 7) is 4.67. The molecule has 1 aliphatic heterocycles. The van der Waals surface area contributed by atoms with Crippen molar-refractivity contribution in [3.8, 4) is 0 Å². The third-order valence-corrected chi connectivity index (χ3v) is 4.52. The van der Waals surface area contributed by atoms with Crippen LogP contribution < -0.4 is 5.32 Å². The Hall–Kier alpha value is -1.30. The summed E-state index contributed by atoms with van der Waals surface area (Å²) in [4.78, 5) is 28.3. The van der Waals surface area contributed by atoms with Gasteiger partial charge < -0.3 is 15.1 Å². The molecule has 23 heavy (non-hydrogen) atoms. The lowest BCUT2D eigenvalue weighted by Gasteiger charge is -2.36. The first kappa shape index (κ1) is 18.0. The van der Waals surface area contributed by atoms with Crippen LogP contribution in [0.2, 0.25) is 10.0 Å². The lowest BCUT2D eigenvalue weighted by atomic mass is 10.1. The number of rotatable bonds is 4. The van der Waals surface area contributed by atoms with E-state index in [1.165, 1.54) is 0 Å². The number of halogens is 2. The number of benzene rings is 1. The maximum Gasteiger partial charge on any atom is 0.255 e. The second-order valence-electron chi connectivity index (χ2n) is 5.70. The number of hydrogen-bond donors (Lipinski definition) is 1. The van der Waals surface area contributed by atoms with E-state index in [9.17, 15) is 9.59 Å². The maximum atomic E-state index is 12.5. The first-order valence-electron chi connectivity index (χ1n) is 7.61. The zero-order chi connectivity index (χ0) is 17.0. The van der Waals surface area contributed by atoms with Crippen LogP contribution in [0, 0.1) is 5.92 Å². The fourth-order valence-electron chi connectivity index (χ4n) is 2.67. The zero-order valence-corrected chi connectivity index (χ0v) is 14.8. The largest absolute Gasteiger partial charge is 0.339 e. The van der Waals surface area contributed by atoms with Crippen LogP contribution in [0.15, 0.2) is 18.2 Å². The van der Waals surface area contributed by atoms with Gasteiger partial charge in [0.25, 0.3) is 5.91 Å². The highest BCUT2D eigenvalue weighted by atomic mass is 35.5. The van der Waals surface area contributed by atoms with Crippen LogP contribution in [0.1, 0.15) is 17.3 Å². The summed E-state index contributed by atoms with van der Waals surface area (Å²) in [6, 6.07) is 4.86. The number of carbonyl (C=O) groups is 2. The Balaban J connectivity index is 1.96. The summed E-state index contributed by atoms with van der Waals surface area (Å²) in [5.74, 6) is -0.0639. The summed E-state index contributed by atoms with van der Waals surface area (Å²) in [5.41, 5.74) is 0.444. The molecule has 1 fully saturated rings. The van der Waals surface area contributed by atoms with E-state index in [2.05, 4.69) is 5.32 Å². The molecule has 1 atom stereocenters. The molecule has 1 N–H and O–H groups in total. The predicted molar refractivity (Wildman–Crippen MR) is 92.0 cm³/mol. The fourth-order valence-corrected chi connectivity index (χ4v) is 3.16. The van der Waals surface area contributed by atoms with Gasteiger partial charge in [-0.05, 0) is 25.2 Å². The molecular formula is C16H21Cl2N3O2. The van der Waals surface area contributed by atoms with Gasteiger partial charge >= 0.3 is 0 Å². The molecule has 1 aromatic rings. The van der Waals surface area contributed by atoms with Crippen LogP contribution in [0.25, 0.3) is 0 Å². The Morgan fingerprint density at radius 1 is 1.17 bits per heavy atom. The molecule has 0 radical (unpaired) electrons. The van der Waals surface area contributed by atoms with Crippen molar-refractivity contribution in [3.05, 3.63) is 33.8 Å². The molecule has 1 unspecified atom stereocenters. The van der Waals surface area contributed by atoms with Crippen molar-refractivity contribution >= 4 is 35.0 Å². The molecule has 1 saturated heterocycles. The molecule has 0 spiro atoms. The van der Waals surface area contributed by atoms with Gasteiger partial charge in [-0.3, -0.25) is 9.59 Å². The van der Waals surface area contributed by atoms with Crippen LogP contribution in [0.4, 0.5) is 0 Å². The highest BCUT2D eigenvalue weighted by Gasteiger charge is 2.27. The van der Waals surface area contributed by atoms with Gasteiger partial charge in [0, 0.05) is 43.7 Å². The van der Waals surface area contributed by atoms with Crippen molar-refractivity contribution in [2.45, 2.75) is 6.92 Å². The topological polar surface area (TPSA) is 52.7 Å². The highest BCUT2D eigenvalue weighted by molar-refractivity contribution is 6.36. The average molecular weight is 358 g/mol. The molecular weight excluding hydrogens is 337 g/mol. The lowest BCUT2D eigenvalue weighted by Crippen LogP contribution is -2.52. The number of carbonyl (C=O) groups excluding carboxylic acids is 2. The summed E-state index contributed by atoms with van der Waals surface area (Å²) in [7, 11) is 1.83. The van der Waals surface area contributed by atoms with E-state index >= 15 is 0 Å². The normalized spacial score (nSPS) is 16.3. The summed E-state index contributed by atoms with van der Waals surface area (Å²) < 4.78 is 0. The third-order valence-electron chi connectivity index (χ3n) is 3.97. The number of hydrogen-bond acceptors (Lipinski definition) is 3. The van der Waals surface area contributed by atoms with Crippen LogP contribution in [0.5, 0.6) is 0 Å². The monoisotopic (exact) mass is 357 g/mol. The van der Waals surface area contributed by atoms with Crippen LogP contribution in [-0.4, -0.2) is 61.4 Å². The van der Waals surface area contributed by atoms with Crippen LogP contribution in [-0.2, 0) is 4.79 Å². The van der Waals surface area contributed by atoms with Crippen LogP contribution >= 0.6 is 23.2 Å². The third kappa shape index (κ3) is 4.37. The minimum Gasteiger partial charge on any atom is -0.339 e. The van der Waals surface area contributed by atoms with Gasteiger partial charge in [-0.15, -0.1) is 0 Å². The van der Waals surface area contributed by atoms with Gasteiger partial charge in [-0.25, -0.2) is 0 Å². The van der Waals surface area contributed by atoms with Crippen molar-refractivity contribution in [1.82, 2.24) is 15.1 Å². The van der Waals surface area contributed by atoms with Gasteiger partial charge in [-0.1, -0.05) is 30.1 Å². The van der Waals surface area contributed by atoms with Crippen molar-refractivity contribution in [2.24, 2.45) is 5.92 Å². The quantitative estimate of drug-likeness (QED) is 0.897. The average Bonchev–Trinajstić information content (AvgIpc) is 2.54. The standard InChI is InChI=1S/C16H21Cl2N3O2/c1-11(10-19-2)15(22)20-5-7-21(8-6-20)16(23)13-4-3-12(17)9-14(13)18/h3-4,9,11,19H,5-8,10H2,1-2H3. The summed E-state index contributed by atoms with van der Waals surface area (Å²) in [5, 5.41) is 3.86. The molecule has 5 nitrogen and oxygen atoms in total. The molecule has 1 aliphatic rings. The molecule has 1 aromatic carbocycles. The molecule has 7 heteroatoms. The summed E-state index contributed by atoms with van der Waals surface area (Å²) in [6.07, 6.45) is 0. The Morgan fingerprint density at radius 2 is 1.78 bits per heavy atom. The first-order chi connectivity index (χ1) is 10.9. The smallest absolute Gasteiger partial charge is 0.255 e. The molecule has 1 heterocycles. The van der Waals surface area contributed by atoms with E-state index in [0.29, 0.717) is 48.3 Å². The van der Waals surface area contributed by atoms with Gasteiger partial charge in [0.1, 0.15) is 0 Å². The van der Waals surface area contributed by atoms with E-state index in [4.69, 9.17) is 23.2 Å². The minimum absolute atomic E-state index is 0.0621. The number of nitrogens with one attached hydrogen (secondary N) is 1. The lowest BCUT2D eigenvalue weighted by molar-refractivity contribution is -0.136. The Morgan fingerprint density at radius 3 is 2.35 bits per heavy atom. The van der Waals surface area contributed by atoms with Gasteiger partial charge in [0.05, 0.1) is 10.6 Å². The van der Waals surface area contributed by atoms with E-state index in [0.717, 1.165) is 0 Å². The second-order valence-corrected chi connectivity index (χ2v) is 6.54. The fraction of sp³-hybridized carbons (Fsp3) is 0.500. The SMILES string of the molecule is CNCC(C)C(=O)N1CCN(C(=O)c2ccc(Cl)cc2Cl)CC1. The van der Waals surface area contributed by atoms with Gasteiger partial charge in [-0.2, -0.15) is 0 Å². The van der Waals surface area contributed by atoms with Crippen molar-refractivity contribution in [2.75, 3.05) is 39.8 Å². The molecule has 2 rings (SSSR count). The molecule has 0 aromatic heterocycles. The molecule has 0 aliphatic carbocycles. The second kappa shape index (κ2) is 7.99. The van der Waals surface area contributed by atoms with E-state index in [1.54, 1.807) is 23.1 Å². The van der Waals surface area contributed by atoms with E-state index < -0.39 is 0 Å². The maximum absolute atomic E-state index is 12.5.